The van der Waals surface area contributed by atoms with E-state index in [-0.39, 0.29) is 11.3 Å². The number of nitro groups is 1. The van der Waals surface area contributed by atoms with Gasteiger partial charge in [-0.15, -0.1) is 6.58 Å². The lowest BCUT2D eigenvalue weighted by molar-refractivity contribution is -0.384. The van der Waals surface area contributed by atoms with Gasteiger partial charge in [0.1, 0.15) is 5.54 Å². The molecule has 0 heterocycles. The molecule has 0 bridgehead atoms. The zero-order valence-corrected chi connectivity index (χ0v) is 15.0. The van der Waals surface area contributed by atoms with E-state index in [0.29, 0.717) is 0 Å². The molecule has 7 heteroatoms. The van der Waals surface area contributed by atoms with Crippen molar-refractivity contribution in [3.05, 3.63) is 88.5 Å². The van der Waals surface area contributed by atoms with Gasteiger partial charge in [0.2, 0.25) is 0 Å². The van der Waals surface area contributed by atoms with Crippen LogP contribution in [-0.2, 0) is 9.53 Å². The van der Waals surface area contributed by atoms with E-state index in [1.807, 2.05) is 30.3 Å². The van der Waals surface area contributed by atoms with Crippen molar-refractivity contribution in [1.29, 1.82) is 0 Å². The molecule has 0 radical (unpaired) electrons. The second kappa shape index (κ2) is 8.27. The highest BCUT2D eigenvalue weighted by Crippen LogP contribution is 2.31. The highest BCUT2D eigenvalue weighted by Gasteiger charge is 2.43. The standard InChI is InChI=1S/C20H20N2O5/c1-4-17(14-8-6-5-7-9-14)20(2,19(24)27-3)21-18(23)15-10-12-16(13-11-15)22(25)26/h4-13,17H,1H2,2-3H3,(H,21,23)/t17-,20-/m0/s1. The third-order valence-electron chi connectivity index (χ3n) is 4.34. The number of non-ortho nitro benzene ring substituents is 1. The number of benzene rings is 2. The maximum absolute atomic E-state index is 12.7. The molecule has 7 nitrogen and oxygen atoms in total. The quantitative estimate of drug-likeness (QED) is 0.350. The molecule has 0 fully saturated rings. The number of ether oxygens (including phenoxy) is 1. The first-order chi connectivity index (χ1) is 12.8. The van der Waals surface area contributed by atoms with E-state index in [2.05, 4.69) is 11.9 Å². The average molecular weight is 368 g/mol. The molecule has 1 N–H and O–H groups in total. The number of rotatable bonds is 7. The van der Waals surface area contributed by atoms with Gasteiger partial charge in [0.05, 0.1) is 12.0 Å². The van der Waals surface area contributed by atoms with E-state index < -0.39 is 28.3 Å². The summed E-state index contributed by atoms with van der Waals surface area (Å²) in [5.41, 5.74) is -0.581. The first kappa shape index (κ1) is 19.8. The van der Waals surface area contributed by atoms with Crippen LogP contribution in [0.4, 0.5) is 5.69 Å². The van der Waals surface area contributed by atoms with Crippen LogP contribution in [0.1, 0.15) is 28.8 Å². The smallest absolute Gasteiger partial charge is 0.332 e. The van der Waals surface area contributed by atoms with Crippen LogP contribution < -0.4 is 5.32 Å². The van der Waals surface area contributed by atoms with Crippen molar-refractivity contribution < 1.29 is 19.2 Å². The van der Waals surface area contributed by atoms with Crippen LogP contribution >= 0.6 is 0 Å². The zero-order valence-electron chi connectivity index (χ0n) is 15.0. The van der Waals surface area contributed by atoms with Gasteiger partial charge in [0.25, 0.3) is 11.6 Å². The Kier molecular flexibility index (Phi) is 6.07. The largest absolute Gasteiger partial charge is 0.467 e. The summed E-state index contributed by atoms with van der Waals surface area (Å²) >= 11 is 0. The van der Waals surface area contributed by atoms with E-state index >= 15 is 0 Å². The average Bonchev–Trinajstić information content (AvgIpc) is 2.68. The van der Waals surface area contributed by atoms with Crippen LogP contribution in [-0.4, -0.2) is 29.4 Å². The fraction of sp³-hybridized carbons (Fsp3) is 0.200. The van der Waals surface area contributed by atoms with Gasteiger partial charge in [-0.3, -0.25) is 14.9 Å². The number of methoxy groups -OCH3 is 1. The first-order valence-electron chi connectivity index (χ1n) is 8.16. The fourth-order valence-electron chi connectivity index (χ4n) is 2.88. The summed E-state index contributed by atoms with van der Waals surface area (Å²) in [5.74, 6) is -1.74. The Hall–Kier alpha value is -3.48. The van der Waals surface area contributed by atoms with Crippen LogP contribution in [0.15, 0.2) is 67.3 Å². The van der Waals surface area contributed by atoms with E-state index in [4.69, 9.17) is 4.74 Å². The van der Waals surface area contributed by atoms with E-state index in [9.17, 15) is 19.7 Å². The first-order valence-corrected chi connectivity index (χ1v) is 8.16. The molecule has 0 saturated carbocycles. The van der Waals surface area contributed by atoms with Crippen LogP contribution in [0.3, 0.4) is 0 Å². The molecule has 1 amide bonds. The van der Waals surface area contributed by atoms with Gasteiger partial charge < -0.3 is 10.1 Å². The number of hydrogen-bond acceptors (Lipinski definition) is 5. The number of carbonyl (C=O) groups is 2. The maximum Gasteiger partial charge on any atom is 0.332 e. The summed E-state index contributed by atoms with van der Waals surface area (Å²) in [7, 11) is 1.24. The molecule has 0 saturated heterocycles. The summed E-state index contributed by atoms with van der Waals surface area (Å²) in [4.78, 5) is 35.4. The Morgan fingerprint density at radius 3 is 2.26 bits per heavy atom. The van der Waals surface area contributed by atoms with Gasteiger partial charge in [0.15, 0.2) is 0 Å². The van der Waals surface area contributed by atoms with Gasteiger partial charge in [-0.25, -0.2) is 4.79 Å². The van der Waals surface area contributed by atoms with Gasteiger partial charge in [0, 0.05) is 23.6 Å². The zero-order chi connectivity index (χ0) is 20.0. The number of carbonyl (C=O) groups excluding carboxylic acids is 2. The number of hydrogen-bond donors (Lipinski definition) is 1. The van der Waals surface area contributed by atoms with Gasteiger partial charge in [-0.1, -0.05) is 36.4 Å². The number of esters is 1. The Morgan fingerprint density at radius 2 is 1.78 bits per heavy atom. The van der Waals surface area contributed by atoms with Gasteiger partial charge in [-0.2, -0.15) is 0 Å². The Morgan fingerprint density at radius 1 is 1.19 bits per heavy atom. The fourth-order valence-corrected chi connectivity index (χ4v) is 2.88. The number of amides is 1. The molecule has 2 aromatic rings. The minimum absolute atomic E-state index is 0.129. The van der Waals surface area contributed by atoms with Crippen LogP contribution in [0, 0.1) is 10.1 Å². The second-order valence-electron chi connectivity index (χ2n) is 6.08. The van der Waals surface area contributed by atoms with Crippen LogP contribution in [0.25, 0.3) is 0 Å². The Balaban J connectivity index is 2.37. The molecule has 2 atom stereocenters. The van der Waals surface area contributed by atoms with Crippen molar-refractivity contribution in [3.63, 3.8) is 0 Å². The topological polar surface area (TPSA) is 98.5 Å². The van der Waals surface area contributed by atoms with Crippen molar-refractivity contribution in [2.45, 2.75) is 18.4 Å². The van der Waals surface area contributed by atoms with Crippen molar-refractivity contribution in [2.75, 3.05) is 7.11 Å². The minimum Gasteiger partial charge on any atom is -0.467 e. The molecule has 0 aliphatic rings. The summed E-state index contributed by atoms with van der Waals surface area (Å²) < 4.78 is 4.92. The molecular weight excluding hydrogens is 348 g/mol. The minimum atomic E-state index is -1.42. The molecule has 0 aliphatic heterocycles. The lowest BCUT2D eigenvalue weighted by Gasteiger charge is -2.34. The number of nitrogens with zero attached hydrogens (tertiary/aromatic N) is 1. The molecule has 27 heavy (non-hydrogen) atoms. The van der Waals surface area contributed by atoms with Crippen molar-refractivity contribution in [3.8, 4) is 0 Å². The summed E-state index contributed by atoms with van der Waals surface area (Å²) in [6.07, 6.45) is 1.57. The highest BCUT2D eigenvalue weighted by molar-refractivity contribution is 5.98. The third kappa shape index (κ3) is 4.20. The molecule has 0 aromatic heterocycles. The molecule has 0 unspecified atom stereocenters. The van der Waals surface area contributed by atoms with Crippen molar-refractivity contribution in [1.82, 2.24) is 5.32 Å². The summed E-state index contributed by atoms with van der Waals surface area (Å²) in [5, 5.41) is 13.5. The number of nitro benzene ring substituents is 1. The van der Waals surface area contributed by atoms with E-state index in [0.717, 1.165) is 5.56 Å². The van der Waals surface area contributed by atoms with Crippen LogP contribution in [0.2, 0.25) is 0 Å². The summed E-state index contributed by atoms with van der Waals surface area (Å²) in [6.45, 7) is 5.35. The molecular formula is C20H20N2O5. The normalized spacial score (nSPS) is 13.7. The lowest BCUT2D eigenvalue weighted by Crippen LogP contribution is -2.56. The molecule has 2 aromatic carbocycles. The monoisotopic (exact) mass is 368 g/mol. The summed E-state index contributed by atoms with van der Waals surface area (Å²) in [6, 6.07) is 14.3. The van der Waals surface area contributed by atoms with Gasteiger partial charge in [-0.05, 0) is 24.6 Å². The molecule has 140 valence electrons. The maximum atomic E-state index is 12.7. The van der Waals surface area contributed by atoms with E-state index in [1.54, 1.807) is 13.0 Å². The second-order valence-corrected chi connectivity index (χ2v) is 6.08. The number of nitrogens with one attached hydrogen (secondary N) is 1. The van der Waals surface area contributed by atoms with Gasteiger partial charge >= 0.3 is 5.97 Å². The molecule has 2 rings (SSSR count). The third-order valence-corrected chi connectivity index (χ3v) is 4.34. The molecule has 0 aliphatic carbocycles. The lowest BCUT2D eigenvalue weighted by atomic mass is 9.80. The Labute approximate surface area is 156 Å². The SMILES string of the molecule is C=C[C@@H](c1ccccc1)[C@](C)(NC(=O)c1ccc([N+](=O)[O-])cc1)C(=O)OC. The molecule has 0 spiro atoms. The highest BCUT2D eigenvalue weighted by atomic mass is 16.6. The van der Waals surface area contributed by atoms with Crippen molar-refractivity contribution >= 4 is 17.6 Å². The van der Waals surface area contributed by atoms with Crippen molar-refractivity contribution in [2.24, 2.45) is 0 Å². The predicted molar refractivity (Wildman–Crippen MR) is 100 cm³/mol. The Bertz CT molecular complexity index is 848. The van der Waals surface area contributed by atoms with Crippen LogP contribution in [0.5, 0.6) is 0 Å². The predicted octanol–water partition coefficient (Wildman–Crippen LogP) is 3.23. The van der Waals surface area contributed by atoms with E-state index in [1.165, 1.54) is 31.4 Å².